The second kappa shape index (κ2) is 6.62. The quantitative estimate of drug-likeness (QED) is 0.810. The molecule has 0 bridgehead atoms. The van der Waals surface area contributed by atoms with E-state index in [1.165, 1.54) is 30.5 Å². The monoisotopic (exact) mass is 280 g/mol. The Labute approximate surface area is 122 Å². The van der Waals surface area contributed by atoms with E-state index in [0.717, 1.165) is 24.2 Å². The van der Waals surface area contributed by atoms with Crippen molar-refractivity contribution in [3.63, 3.8) is 0 Å². The zero-order chi connectivity index (χ0) is 13.8. The number of hydrogen-bond donors (Lipinski definition) is 1. The summed E-state index contributed by atoms with van der Waals surface area (Å²) in [6, 6.07) is 6.98. The number of nitrogens with zero attached hydrogens (tertiary/aromatic N) is 1. The minimum absolute atomic E-state index is 0.702. The normalized spacial score (nSPS) is 16.4. The number of benzene rings is 1. The second-order valence-electron chi connectivity index (χ2n) is 5.82. The first-order chi connectivity index (χ1) is 9.10. The van der Waals surface area contributed by atoms with E-state index in [4.69, 9.17) is 11.6 Å². The Morgan fingerprint density at radius 2 is 2.16 bits per heavy atom. The number of nitrogens with one attached hydrogen (secondary N) is 1. The van der Waals surface area contributed by atoms with E-state index in [1.807, 2.05) is 6.07 Å². The molecule has 0 aromatic heterocycles. The highest BCUT2D eigenvalue weighted by Gasteiger charge is 2.21. The van der Waals surface area contributed by atoms with Crippen LogP contribution < -0.4 is 10.2 Å². The average molecular weight is 281 g/mol. The molecule has 0 radical (unpaired) electrons. The molecule has 0 heterocycles. The zero-order valence-corrected chi connectivity index (χ0v) is 13.0. The molecule has 1 saturated carbocycles. The Morgan fingerprint density at radius 1 is 1.42 bits per heavy atom. The third-order valence-corrected chi connectivity index (χ3v) is 4.13. The van der Waals surface area contributed by atoms with Crippen LogP contribution in [0, 0.1) is 5.92 Å². The van der Waals surface area contributed by atoms with Crippen molar-refractivity contribution < 1.29 is 0 Å². The molecule has 1 unspecified atom stereocenters. The Hall–Kier alpha value is -0.730. The molecule has 1 aliphatic carbocycles. The number of halogens is 1. The second-order valence-corrected chi connectivity index (χ2v) is 6.26. The molecule has 1 N–H and O–H groups in total. The smallest absolute Gasteiger partial charge is 0.0426 e. The van der Waals surface area contributed by atoms with Crippen molar-refractivity contribution in [2.24, 2.45) is 5.92 Å². The summed E-state index contributed by atoms with van der Waals surface area (Å²) in [7, 11) is 2.17. The lowest BCUT2D eigenvalue weighted by molar-refractivity contribution is 0.558. The van der Waals surface area contributed by atoms with Gasteiger partial charge in [-0.3, -0.25) is 0 Å². The number of hydrogen-bond acceptors (Lipinski definition) is 2. The van der Waals surface area contributed by atoms with Gasteiger partial charge in [0.2, 0.25) is 0 Å². The molecule has 1 atom stereocenters. The fourth-order valence-electron chi connectivity index (χ4n) is 2.28. The van der Waals surface area contributed by atoms with Crippen molar-refractivity contribution in [1.29, 1.82) is 0 Å². The Bertz CT molecular complexity index is 415. The predicted molar refractivity (Wildman–Crippen MR) is 84.0 cm³/mol. The van der Waals surface area contributed by atoms with Gasteiger partial charge in [0, 0.05) is 36.9 Å². The highest BCUT2D eigenvalue weighted by atomic mass is 35.5. The molecular weight excluding hydrogens is 256 g/mol. The van der Waals surface area contributed by atoms with E-state index < -0.39 is 0 Å². The van der Waals surface area contributed by atoms with Crippen LogP contribution in [0.15, 0.2) is 18.2 Å². The first-order valence-electron chi connectivity index (χ1n) is 7.33. The lowest BCUT2D eigenvalue weighted by Crippen LogP contribution is -2.26. The van der Waals surface area contributed by atoms with Crippen LogP contribution in [0.1, 0.15) is 38.7 Å². The zero-order valence-electron chi connectivity index (χ0n) is 12.2. The highest BCUT2D eigenvalue weighted by Crippen LogP contribution is 2.26. The van der Waals surface area contributed by atoms with E-state index in [2.05, 4.69) is 43.2 Å². The molecule has 0 spiro atoms. The van der Waals surface area contributed by atoms with Crippen molar-refractivity contribution >= 4 is 17.3 Å². The molecule has 1 aliphatic rings. The summed E-state index contributed by atoms with van der Waals surface area (Å²) in [6.45, 7) is 6.56. The summed E-state index contributed by atoms with van der Waals surface area (Å²) in [6.07, 6.45) is 3.86. The minimum Gasteiger partial charge on any atom is -0.374 e. The topological polar surface area (TPSA) is 15.3 Å². The predicted octanol–water partition coefficient (Wildman–Crippen LogP) is 4.07. The summed E-state index contributed by atoms with van der Waals surface area (Å²) >= 11 is 6.16. The highest BCUT2D eigenvalue weighted by molar-refractivity contribution is 6.30. The van der Waals surface area contributed by atoms with Crippen LogP contribution in [0.3, 0.4) is 0 Å². The maximum Gasteiger partial charge on any atom is 0.0426 e. The summed E-state index contributed by atoms with van der Waals surface area (Å²) in [4.78, 5) is 2.34. The molecule has 2 nitrogen and oxygen atoms in total. The number of anilines is 1. The molecule has 1 aromatic carbocycles. The van der Waals surface area contributed by atoms with Crippen LogP contribution in [0.2, 0.25) is 5.02 Å². The van der Waals surface area contributed by atoms with Crippen molar-refractivity contribution in [1.82, 2.24) is 5.32 Å². The third kappa shape index (κ3) is 4.39. The van der Waals surface area contributed by atoms with Crippen LogP contribution in [-0.2, 0) is 6.54 Å². The van der Waals surface area contributed by atoms with Crippen molar-refractivity contribution in [2.45, 2.75) is 45.7 Å². The van der Waals surface area contributed by atoms with Gasteiger partial charge in [0.25, 0.3) is 0 Å². The van der Waals surface area contributed by atoms with Crippen LogP contribution in [0.5, 0.6) is 0 Å². The van der Waals surface area contributed by atoms with Gasteiger partial charge in [0.15, 0.2) is 0 Å². The average Bonchev–Trinajstić information content (AvgIpc) is 3.21. The van der Waals surface area contributed by atoms with Gasteiger partial charge < -0.3 is 10.2 Å². The third-order valence-electron chi connectivity index (χ3n) is 3.90. The fraction of sp³-hybridized carbons (Fsp3) is 0.625. The largest absolute Gasteiger partial charge is 0.374 e. The number of rotatable bonds is 7. The molecule has 1 aromatic rings. The summed E-state index contributed by atoms with van der Waals surface area (Å²) in [5.41, 5.74) is 2.61. The molecule has 106 valence electrons. The molecule has 0 aliphatic heterocycles. The van der Waals surface area contributed by atoms with Gasteiger partial charge in [-0.25, -0.2) is 0 Å². The Kier molecular flexibility index (Phi) is 5.12. The van der Waals surface area contributed by atoms with Gasteiger partial charge in [0.05, 0.1) is 0 Å². The van der Waals surface area contributed by atoms with Crippen molar-refractivity contribution in [2.75, 3.05) is 18.5 Å². The minimum atomic E-state index is 0.702. The first kappa shape index (κ1) is 14.7. The summed E-state index contributed by atoms with van der Waals surface area (Å²) < 4.78 is 0. The van der Waals surface area contributed by atoms with E-state index in [9.17, 15) is 0 Å². The van der Waals surface area contributed by atoms with Gasteiger partial charge in [-0.2, -0.15) is 0 Å². The molecule has 0 saturated heterocycles. The van der Waals surface area contributed by atoms with E-state index in [0.29, 0.717) is 5.92 Å². The van der Waals surface area contributed by atoms with E-state index >= 15 is 0 Å². The van der Waals surface area contributed by atoms with Crippen molar-refractivity contribution in [3.05, 3.63) is 28.8 Å². The van der Waals surface area contributed by atoms with Crippen molar-refractivity contribution in [3.8, 4) is 0 Å². The standard InChI is InChI=1S/C16H25ClN2/c1-4-12(2)11-19(3)16-9-14(17)6-5-13(16)10-18-15-7-8-15/h5-6,9,12,15,18H,4,7-8,10-11H2,1-3H3. The van der Waals surface area contributed by atoms with Gasteiger partial charge in [-0.1, -0.05) is 37.9 Å². The Balaban J connectivity index is 2.08. The van der Waals surface area contributed by atoms with Crippen LogP contribution in [-0.4, -0.2) is 19.6 Å². The van der Waals surface area contributed by atoms with Gasteiger partial charge in [0.1, 0.15) is 0 Å². The molecule has 19 heavy (non-hydrogen) atoms. The molecule has 1 fully saturated rings. The summed E-state index contributed by atoms with van der Waals surface area (Å²) in [5, 5.41) is 4.41. The Morgan fingerprint density at radius 3 is 2.79 bits per heavy atom. The molecule has 0 amide bonds. The molecule has 3 heteroatoms. The van der Waals surface area contributed by atoms with Gasteiger partial charge >= 0.3 is 0 Å². The van der Waals surface area contributed by atoms with Crippen LogP contribution in [0.4, 0.5) is 5.69 Å². The maximum atomic E-state index is 6.16. The fourth-order valence-corrected chi connectivity index (χ4v) is 2.44. The lowest BCUT2D eigenvalue weighted by Gasteiger charge is -2.25. The molecule has 2 rings (SSSR count). The van der Waals surface area contributed by atoms with Gasteiger partial charge in [-0.15, -0.1) is 0 Å². The lowest BCUT2D eigenvalue weighted by atomic mass is 10.1. The van der Waals surface area contributed by atoms with Crippen LogP contribution >= 0.6 is 11.6 Å². The van der Waals surface area contributed by atoms with Gasteiger partial charge in [-0.05, 0) is 36.5 Å². The molecular formula is C16H25ClN2. The van der Waals surface area contributed by atoms with Crippen LogP contribution in [0.25, 0.3) is 0 Å². The van der Waals surface area contributed by atoms with E-state index in [1.54, 1.807) is 0 Å². The maximum absolute atomic E-state index is 6.16. The van der Waals surface area contributed by atoms with E-state index in [-0.39, 0.29) is 0 Å². The first-order valence-corrected chi connectivity index (χ1v) is 7.71. The summed E-state index contributed by atoms with van der Waals surface area (Å²) in [5.74, 6) is 0.702. The SMILES string of the molecule is CCC(C)CN(C)c1cc(Cl)ccc1CNC1CC1.